The third-order valence-electron chi connectivity index (χ3n) is 2.16. The third-order valence-corrected chi connectivity index (χ3v) is 2.38. The van der Waals surface area contributed by atoms with Gasteiger partial charge in [0, 0.05) is 23.7 Å². The van der Waals surface area contributed by atoms with Gasteiger partial charge in [0.05, 0.1) is 0 Å². The minimum atomic E-state index is -0.416. The van der Waals surface area contributed by atoms with Crippen LogP contribution >= 0.6 is 12.2 Å². The Morgan fingerprint density at radius 1 is 1.53 bits per heavy atom. The maximum atomic E-state index is 13.0. The molecule has 1 unspecified atom stereocenters. The zero-order chi connectivity index (χ0) is 13.0. The van der Waals surface area contributed by atoms with Crippen molar-refractivity contribution >= 4 is 28.8 Å². The lowest BCUT2D eigenvalue weighted by Crippen LogP contribution is -2.25. The molecule has 0 saturated heterocycles. The minimum absolute atomic E-state index is 0.0956. The average Bonchev–Trinajstić information content (AvgIpc) is 2.19. The monoisotopic (exact) mass is 255 g/mol. The Kier molecular flexibility index (Phi) is 4.39. The highest BCUT2D eigenvalue weighted by Crippen LogP contribution is 2.18. The predicted molar refractivity (Wildman–Crippen MR) is 69.2 cm³/mol. The van der Waals surface area contributed by atoms with Gasteiger partial charge in [0.25, 0.3) is 0 Å². The largest absolute Gasteiger partial charge is 0.389 e. The molecule has 17 heavy (non-hydrogen) atoms. The maximum absolute atomic E-state index is 13.0. The number of hydrogen-bond donors (Lipinski definition) is 3. The Balaban J connectivity index is 2.90. The van der Waals surface area contributed by atoms with Crippen molar-refractivity contribution in [3.8, 4) is 0 Å². The summed E-state index contributed by atoms with van der Waals surface area (Å²) in [6, 6.07) is 3.90. The fourth-order valence-corrected chi connectivity index (χ4v) is 1.63. The number of rotatable bonds is 5. The van der Waals surface area contributed by atoms with Crippen LogP contribution in [0.15, 0.2) is 18.2 Å². The van der Waals surface area contributed by atoms with E-state index in [4.69, 9.17) is 23.7 Å². The van der Waals surface area contributed by atoms with Crippen molar-refractivity contribution in [2.45, 2.75) is 19.4 Å². The van der Waals surface area contributed by atoms with Crippen LogP contribution in [0.2, 0.25) is 0 Å². The molecule has 0 bridgehead atoms. The molecular weight excluding hydrogens is 241 g/mol. The molecule has 0 saturated carbocycles. The van der Waals surface area contributed by atoms with Crippen molar-refractivity contribution in [3.05, 3.63) is 29.6 Å². The Hall–Kier alpha value is -1.69. The van der Waals surface area contributed by atoms with E-state index in [1.54, 1.807) is 6.92 Å². The first-order valence-corrected chi connectivity index (χ1v) is 5.45. The molecule has 0 aliphatic carbocycles. The quantitative estimate of drug-likeness (QED) is 0.689. The maximum Gasteiger partial charge on any atom is 0.219 e. The number of benzene rings is 1. The Morgan fingerprint density at radius 2 is 2.18 bits per heavy atom. The Bertz CT molecular complexity index is 450. The lowest BCUT2D eigenvalue weighted by Gasteiger charge is -2.16. The van der Waals surface area contributed by atoms with E-state index in [9.17, 15) is 9.18 Å². The average molecular weight is 255 g/mol. The number of anilines is 1. The highest BCUT2D eigenvalue weighted by atomic mass is 32.1. The molecule has 0 heterocycles. The van der Waals surface area contributed by atoms with E-state index >= 15 is 0 Å². The number of hydrogen-bond acceptors (Lipinski definition) is 3. The normalized spacial score (nSPS) is 11.9. The number of carbonyl (C=O) groups is 1. The summed E-state index contributed by atoms with van der Waals surface area (Å²) < 4.78 is 13.0. The molecule has 1 atom stereocenters. The van der Waals surface area contributed by atoms with Gasteiger partial charge in [-0.05, 0) is 25.1 Å². The van der Waals surface area contributed by atoms with Crippen LogP contribution in [-0.4, -0.2) is 16.9 Å². The molecule has 0 aliphatic rings. The van der Waals surface area contributed by atoms with Gasteiger partial charge in [0.1, 0.15) is 10.8 Å². The number of amides is 1. The number of halogens is 1. The molecule has 1 aromatic carbocycles. The molecule has 4 nitrogen and oxygen atoms in total. The van der Waals surface area contributed by atoms with Gasteiger partial charge in [0.15, 0.2) is 0 Å². The second-order valence-corrected chi connectivity index (χ2v) is 4.21. The lowest BCUT2D eigenvalue weighted by molar-refractivity contribution is -0.118. The first kappa shape index (κ1) is 13.4. The third kappa shape index (κ3) is 3.99. The predicted octanol–water partition coefficient (Wildman–Crippen LogP) is 1.14. The van der Waals surface area contributed by atoms with Gasteiger partial charge in [-0.25, -0.2) is 4.39 Å². The number of thiocarbonyl (C=S) groups is 1. The standard InChI is InChI=1S/C11H14FN3OS/c1-6(4-10(13)16)15-9-3-2-7(12)5-8(9)11(14)17/h2-3,5-6,15H,4H2,1H3,(H2,13,16)(H2,14,17). The van der Waals surface area contributed by atoms with Crippen LogP contribution in [0.3, 0.4) is 0 Å². The van der Waals surface area contributed by atoms with Crippen molar-refractivity contribution in [3.63, 3.8) is 0 Å². The Morgan fingerprint density at radius 3 is 2.71 bits per heavy atom. The van der Waals surface area contributed by atoms with Crippen LogP contribution in [0.5, 0.6) is 0 Å². The summed E-state index contributed by atoms with van der Waals surface area (Å²) >= 11 is 4.83. The molecule has 1 aromatic rings. The molecule has 1 rings (SSSR count). The van der Waals surface area contributed by atoms with Gasteiger partial charge >= 0.3 is 0 Å². The molecule has 0 fully saturated rings. The summed E-state index contributed by atoms with van der Waals surface area (Å²) in [5, 5.41) is 3.02. The van der Waals surface area contributed by atoms with Crippen molar-refractivity contribution in [2.24, 2.45) is 11.5 Å². The van der Waals surface area contributed by atoms with Gasteiger partial charge in [-0.1, -0.05) is 12.2 Å². The van der Waals surface area contributed by atoms with Gasteiger partial charge < -0.3 is 16.8 Å². The van der Waals surface area contributed by atoms with Crippen LogP contribution in [0, 0.1) is 5.82 Å². The van der Waals surface area contributed by atoms with Crippen LogP contribution in [0.4, 0.5) is 10.1 Å². The van der Waals surface area contributed by atoms with E-state index in [0.29, 0.717) is 11.3 Å². The van der Waals surface area contributed by atoms with E-state index in [1.165, 1.54) is 18.2 Å². The Labute approximate surface area is 104 Å². The van der Waals surface area contributed by atoms with Gasteiger partial charge in [-0.3, -0.25) is 4.79 Å². The lowest BCUT2D eigenvalue weighted by atomic mass is 10.1. The van der Waals surface area contributed by atoms with E-state index in [2.05, 4.69) is 5.32 Å². The van der Waals surface area contributed by atoms with E-state index in [-0.39, 0.29) is 17.5 Å². The second-order valence-electron chi connectivity index (χ2n) is 3.77. The molecule has 6 heteroatoms. The van der Waals surface area contributed by atoms with Gasteiger partial charge in [-0.2, -0.15) is 0 Å². The number of carbonyl (C=O) groups excluding carboxylic acids is 1. The summed E-state index contributed by atoms with van der Waals surface area (Å²) in [5.41, 5.74) is 11.6. The molecular formula is C11H14FN3OS. The van der Waals surface area contributed by atoms with E-state index in [1.807, 2.05) is 0 Å². The summed E-state index contributed by atoms with van der Waals surface area (Å²) in [4.78, 5) is 10.8. The molecule has 92 valence electrons. The van der Waals surface area contributed by atoms with Crippen LogP contribution in [-0.2, 0) is 4.79 Å². The molecule has 0 spiro atoms. The summed E-state index contributed by atoms with van der Waals surface area (Å²) in [7, 11) is 0. The fraction of sp³-hybridized carbons (Fsp3) is 0.273. The number of primary amides is 1. The van der Waals surface area contributed by atoms with Crippen LogP contribution in [0.25, 0.3) is 0 Å². The smallest absolute Gasteiger partial charge is 0.219 e. The molecule has 5 N–H and O–H groups in total. The summed E-state index contributed by atoms with van der Waals surface area (Å²) in [5.74, 6) is -0.829. The zero-order valence-corrected chi connectivity index (χ0v) is 10.2. The topological polar surface area (TPSA) is 81.1 Å². The van der Waals surface area contributed by atoms with Crippen molar-refractivity contribution in [2.75, 3.05) is 5.32 Å². The van der Waals surface area contributed by atoms with Crippen LogP contribution < -0.4 is 16.8 Å². The molecule has 0 aromatic heterocycles. The van der Waals surface area contributed by atoms with Crippen molar-refractivity contribution < 1.29 is 9.18 Å². The van der Waals surface area contributed by atoms with Crippen LogP contribution in [0.1, 0.15) is 18.9 Å². The molecule has 1 amide bonds. The van der Waals surface area contributed by atoms with E-state index < -0.39 is 11.7 Å². The minimum Gasteiger partial charge on any atom is -0.389 e. The van der Waals surface area contributed by atoms with Crippen molar-refractivity contribution in [1.82, 2.24) is 0 Å². The number of nitrogens with two attached hydrogens (primary N) is 2. The summed E-state index contributed by atoms with van der Waals surface area (Å²) in [6.07, 6.45) is 0.175. The second kappa shape index (κ2) is 5.58. The molecule has 0 aliphatic heterocycles. The van der Waals surface area contributed by atoms with Gasteiger partial charge in [0.2, 0.25) is 5.91 Å². The number of nitrogens with one attached hydrogen (secondary N) is 1. The highest BCUT2D eigenvalue weighted by Gasteiger charge is 2.11. The fourth-order valence-electron chi connectivity index (χ4n) is 1.46. The first-order valence-electron chi connectivity index (χ1n) is 5.04. The zero-order valence-electron chi connectivity index (χ0n) is 9.37. The van der Waals surface area contributed by atoms with Crippen molar-refractivity contribution in [1.29, 1.82) is 0 Å². The van der Waals surface area contributed by atoms with E-state index in [0.717, 1.165) is 0 Å². The van der Waals surface area contributed by atoms with Gasteiger partial charge in [-0.15, -0.1) is 0 Å². The summed E-state index contributed by atoms with van der Waals surface area (Å²) in [6.45, 7) is 1.79. The molecule has 0 radical (unpaired) electrons. The first-order chi connectivity index (χ1) is 7.90. The SMILES string of the molecule is CC(CC(N)=O)Nc1ccc(F)cc1C(N)=S. The highest BCUT2D eigenvalue weighted by molar-refractivity contribution is 7.80.